The van der Waals surface area contributed by atoms with Crippen LogP contribution in [0, 0.1) is 0 Å². The van der Waals surface area contributed by atoms with Crippen LogP contribution in [0.3, 0.4) is 0 Å². The molecule has 2 aliphatic rings. The van der Waals surface area contributed by atoms with Crippen molar-refractivity contribution in [3.63, 3.8) is 0 Å². The maximum absolute atomic E-state index is 13.5. The summed E-state index contributed by atoms with van der Waals surface area (Å²) in [5.74, 6) is -4.50. The lowest BCUT2D eigenvalue weighted by Gasteiger charge is -2.44. The van der Waals surface area contributed by atoms with Crippen molar-refractivity contribution in [1.82, 2.24) is 0 Å². The number of carbonyl (C=O) groups excluding carboxylic acids is 3. The maximum atomic E-state index is 13.5. The molecule has 0 radical (unpaired) electrons. The van der Waals surface area contributed by atoms with Crippen LogP contribution >= 0.6 is 23.4 Å². The number of alkyl halides is 2. The molecule has 0 saturated carbocycles. The van der Waals surface area contributed by atoms with E-state index in [1.807, 2.05) is 30.3 Å². The highest BCUT2D eigenvalue weighted by Gasteiger charge is 2.52. The molecule has 42 heavy (non-hydrogen) atoms. The molecule has 7 nitrogen and oxygen atoms in total. The van der Waals surface area contributed by atoms with Crippen LogP contribution in [0.2, 0.25) is 5.02 Å². The van der Waals surface area contributed by atoms with Gasteiger partial charge in [-0.1, -0.05) is 54.1 Å². The molecule has 5 atom stereocenters. The predicted octanol–water partition coefficient (Wildman–Crippen LogP) is 6.69. The Morgan fingerprint density at radius 3 is 2.14 bits per heavy atom. The summed E-state index contributed by atoms with van der Waals surface area (Å²) in [6.45, 7) is 3.69. The van der Waals surface area contributed by atoms with Crippen LogP contribution < -0.4 is 0 Å². The number of halogens is 3. The molecule has 0 amide bonds. The van der Waals surface area contributed by atoms with Gasteiger partial charge in [-0.15, -0.1) is 11.8 Å². The van der Waals surface area contributed by atoms with Crippen molar-refractivity contribution in [1.29, 1.82) is 0 Å². The number of hydrogen-bond donors (Lipinski definition) is 0. The molecule has 226 valence electrons. The molecular formula is C31H33ClF2O7S. The monoisotopic (exact) mass is 622 g/mol. The Hall–Kier alpha value is -2.95. The molecule has 0 N–H and O–H groups in total. The van der Waals surface area contributed by atoms with Crippen molar-refractivity contribution in [2.75, 3.05) is 6.26 Å². The number of carbonyl (C=O) groups is 3. The van der Waals surface area contributed by atoms with Gasteiger partial charge >= 0.3 is 17.9 Å². The lowest BCUT2D eigenvalue weighted by atomic mass is 9.90. The van der Waals surface area contributed by atoms with Crippen LogP contribution in [0.4, 0.5) is 8.78 Å². The number of hydrogen-bond acceptors (Lipinski definition) is 8. The first kappa shape index (κ1) is 32.0. The van der Waals surface area contributed by atoms with E-state index in [0.29, 0.717) is 23.4 Å². The number of allylic oxidation sites excluding steroid dienone is 2. The van der Waals surface area contributed by atoms with Crippen LogP contribution in [0.25, 0.3) is 5.57 Å². The standard InChI is InChI=1S/C31H33ClF2O7S/c1-17(35)38-27-26(41-30(42-4)29(40-19(3)37)28(27)39-18(2)36)23-9-10-25(32)24(16-23)15-20-5-7-21(8-6-20)22-11-13-31(33,34)14-12-22/h5-11,16,26-30H,12-15H2,1-4H3/t26-,27-,28+,29-,30+/m0/s1. The Balaban J connectivity index is 1.62. The van der Waals surface area contributed by atoms with Crippen LogP contribution in [0.1, 0.15) is 68.4 Å². The van der Waals surface area contributed by atoms with Gasteiger partial charge in [-0.25, -0.2) is 8.78 Å². The zero-order chi connectivity index (χ0) is 30.6. The molecule has 0 unspecified atom stereocenters. The molecule has 0 bridgehead atoms. The molecule has 1 fully saturated rings. The smallest absolute Gasteiger partial charge is 0.303 e. The summed E-state index contributed by atoms with van der Waals surface area (Å²) < 4.78 is 50.1. The number of ether oxygens (including phenoxy) is 4. The van der Waals surface area contributed by atoms with E-state index < -0.39 is 53.7 Å². The highest BCUT2D eigenvalue weighted by atomic mass is 35.5. The van der Waals surface area contributed by atoms with Gasteiger partial charge in [-0.05, 0) is 53.0 Å². The van der Waals surface area contributed by atoms with E-state index in [1.54, 1.807) is 24.5 Å². The van der Waals surface area contributed by atoms with Gasteiger partial charge in [0.05, 0.1) is 0 Å². The van der Waals surface area contributed by atoms with Gasteiger partial charge in [0.2, 0.25) is 0 Å². The van der Waals surface area contributed by atoms with Gasteiger partial charge in [0.1, 0.15) is 11.5 Å². The maximum Gasteiger partial charge on any atom is 0.303 e. The summed E-state index contributed by atoms with van der Waals surface area (Å²) >= 11 is 7.85. The normalized spacial score (nSPS) is 25.2. The largest absolute Gasteiger partial charge is 0.455 e. The number of esters is 3. The molecule has 1 heterocycles. The van der Waals surface area contributed by atoms with Crippen LogP contribution in [-0.4, -0.2) is 53.8 Å². The van der Waals surface area contributed by atoms with Crippen molar-refractivity contribution < 1.29 is 42.1 Å². The molecule has 0 spiro atoms. The van der Waals surface area contributed by atoms with Crippen molar-refractivity contribution in [2.24, 2.45) is 0 Å². The Morgan fingerprint density at radius 2 is 1.57 bits per heavy atom. The molecule has 2 aromatic carbocycles. The Labute approximate surface area is 252 Å². The second-order valence-electron chi connectivity index (χ2n) is 10.4. The molecule has 2 aromatic rings. The first-order chi connectivity index (χ1) is 19.9. The van der Waals surface area contributed by atoms with Crippen LogP contribution in [0.15, 0.2) is 48.5 Å². The fourth-order valence-electron chi connectivity index (χ4n) is 5.25. The number of benzene rings is 2. The summed E-state index contributed by atoms with van der Waals surface area (Å²) in [4.78, 5) is 36.1. The van der Waals surface area contributed by atoms with Gasteiger partial charge in [0.25, 0.3) is 5.92 Å². The summed E-state index contributed by atoms with van der Waals surface area (Å²) in [5.41, 5.74) is 3.46. The zero-order valence-corrected chi connectivity index (χ0v) is 25.3. The van der Waals surface area contributed by atoms with Gasteiger partial charge in [-0.2, -0.15) is 0 Å². The summed E-state index contributed by atoms with van der Waals surface area (Å²) in [6, 6.07) is 13.0. The summed E-state index contributed by atoms with van der Waals surface area (Å²) in [6.07, 6.45) is -0.343. The Bertz CT molecular complexity index is 1350. The Morgan fingerprint density at radius 1 is 0.952 bits per heavy atom. The fourth-order valence-corrected chi connectivity index (χ4v) is 6.15. The lowest BCUT2D eigenvalue weighted by Crippen LogP contribution is -2.57. The van der Waals surface area contributed by atoms with E-state index in [4.69, 9.17) is 30.5 Å². The molecule has 1 aliphatic heterocycles. The van der Waals surface area contributed by atoms with Gasteiger partial charge < -0.3 is 18.9 Å². The summed E-state index contributed by atoms with van der Waals surface area (Å²) in [5, 5.41) is 0.510. The average molecular weight is 623 g/mol. The van der Waals surface area contributed by atoms with E-state index in [0.717, 1.165) is 22.3 Å². The third-order valence-electron chi connectivity index (χ3n) is 7.16. The third kappa shape index (κ3) is 7.90. The van der Waals surface area contributed by atoms with Crippen LogP contribution in [0.5, 0.6) is 0 Å². The van der Waals surface area contributed by atoms with Crippen molar-refractivity contribution in [2.45, 2.75) is 82.2 Å². The summed E-state index contributed by atoms with van der Waals surface area (Å²) in [7, 11) is 0. The van der Waals surface area contributed by atoms with Crippen molar-refractivity contribution >= 4 is 46.8 Å². The number of thioether (sulfide) groups is 1. The highest BCUT2D eigenvalue weighted by Crippen LogP contribution is 2.41. The first-order valence-corrected chi connectivity index (χ1v) is 15.2. The molecule has 1 saturated heterocycles. The van der Waals surface area contributed by atoms with Crippen molar-refractivity contribution in [3.8, 4) is 0 Å². The van der Waals surface area contributed by atoms with E-state index >= 15 is 0 Å². The molecular weight excluding hydrogens is 590 g/mol. The zero-order valence-electron chi connectivity index (χ0n) is 23.7. The average Bonchev–Trinajstić information content (AvgIpc) is 2.92. The van der Waals surface area contributed by atoms with Gasteiger partial charge in [0, 0.05) is 38.6 Å². The molecule has 0 aromatic heterocycles. The second kappa shape index (κ2) is 13.6. The van der Waals surface area contributed by atoms with Crippen molar-refractivity contribution in [3.05, 3.63) is 75.8 Å². The lowest BCUT2D eigenvalue weighted by molar-refractivity contribution is -0.233. The van der Waals surface area contributed by atoms with Crippen LogP contribution in [-0.2, 0) is 39.8 Å². The highest BCUT2D eigenvalue weighted by molar-refractivity contribution is 7.99. The predicted molar refractivity (Wildman–Crippen MR) is 155 cm³/mol. The molecule has 1 aliphatic carbocycles. The van der Waals surface area contributed by atoms with E-state index in [-0.39, 0.29) is 12.8 Å². The molecule has 11 heteroatoms. The van der Waals surface area contributed by atoms with E-state index in [2.05, 4.69) is 0 Å². The fraction of sp³-hybridized carbons (Fsp3) is 0.452. The van der Waals surface area contributed by atoms with Gasteiger partial charge in [-0.3, -0.25) is 14.4 Å². The van der Waals surface area contributed by atoms with Gasteiger partial charge in [0.15, 0.2) is 18.3 Å². The van der Waals surface area contributed by atoms with E-state index in [9.17, 15) is 23.2 Å². The topological polar surface area (TPSA) is 88.1 Å². The minimum absolute atomic E-state index is 0.155. The molecule has 4 rings (SSSR count). The SMILES string of the molecule is CS[C@H]1O[C@@H](c2ccc(Cl)c(Cc3ccc(C4=CCC(F)(F)CC4)cc3)c2)[C@H](OC(C)=O)[C@@H](OC(C)=O)[C@@H]1OC(C)=O. The van der Waals surface area contributed by atoms with E-state index in [1.165, 1.54) is 32.5 Å². The Kier molecular flexibility index (Phi) is 10.3. The third-order valence-corrected chi connectivity index (χ3v) is 8.37. The second-order valence-corrected chi connectivity index (χ2v) is 11.7. The number of rotatable bonds is 8. The minimum Gasteiger partial charge on any atom is -0.455 e. The quantitative estimate of drug-likeness (QED) is 0.238. The first-order valence-electron chi connectivity index (χ1n) is 13.5. The minimum atomic E-state index is -2.64.